The van der Waals surface area contributed by atoms with Crippen LogP contribution in [0.3, 0.4) is 0 Å². The maximum Gasteiger partial charge on any atom is 0.416 e. The third-order valence-corrected chi connectivity index (χ3v) is 6.68. The highest BCUT2D eigenvalue weighted by atomic mass is 19.4. The third-order valence-electron chi connectivity index (χ3n) is 6.68. The quantitative estimate of drug-likeness (QED) is 0.347. The highest BCUT2D eigenvalue weighted by Gasteiger charge is 2.41. The normalized spacial score (nSPS) is 17.8. The number of halogens is 6. The van der Waals surface area contributed by atoms with Gasteiger partial charge in [0.15, 0.2) is 0 Å². The highest BCUT2D eigenvalue weighted by molar-refractivity contribution is 6.31. The summed E-state index contributed by atoms with van der Waals surface area (Å²) in [6.45, 7) is 1.14. The van der Waals surface area contributed by atoms with Gasteiger partial charge in [0, 0.05) is 55.9 Å². The van der Waals surface area contributed by atoms with E-state index in [1.165, 1.54) is 17.3 Å². The Kier molecular flexibility index (Phi) is 7.76. The molecule has 1 N–H and O–H groups in total. The fourth-order valence-corrected chi connectivity index (χ4v) is 4.74. The topological polar surface area (TPSA) is 104 Å². The van der Waals surface area contributed by atoms with Crippen molar-refractivity contribution < 1.29 is 41.0 Å². The molecule has 3 aromatic rings. The number of aryl methyl sites for hydroxylation is 1. The second kappa shape index (κ2) is 10.8. The van der Waals surface area contributed by atoms with Gasteiger partial charge in [0.1, 0.15) is 0 Å². The molecule has 214 valence electrons. The molecule has 0 spiro atoms. The van der Waals surface area contributed by atoms with Gasteiger partial charge in [-0.15, -0.1) is 0 Å². The van der Waals surface area contributed by atoms with Crippen LogP contribution < -0.4 is 4.90 Å². The number of anilines is 1. The first kappa shape index (κ1) is 28.8. The maximum atomic E-state index is 13.5. The highest BCUT2D eigenvalue weighted by Crippen LogP contribution is 2.37. The summed E-state index contributed by atoms with van der Waals surface area (Å²) in [4.78, 5) is 34.9. The summed E-state index contributed by atoms with van der Waals surface area (Å²) in [5, 5.41) is 13.3. The number of carbonyl (C=O) groups excluding carboxylic acids is 1. The molecule has 0 aliphatic carbocycles. The van der Waals surface area contributed by atoms with Crippen LogP contribution in [0.5, 0.6) is 0 Å². The summed E-state index contributed by atoms with van der Waals surface area (Å²) in [7, 11) is 1.71. The van der Waals surface area contributed by atoms with Crippen molar-refractivity contribution in [1.29, 1.82) is 0 Å². The number of amides is 1. The van der Waals surface area contributed by atoms with Crippen molar-refractivity contribution in [2.24, 2.45) is 7.05 Å². The lowest BCUT2D eigenvalue weighted by Crippen LogP contribution is -2.42. The summed E-state index contributed by atoms with van der Waals surface area (Å²) < 4.78 is 82.6. The largest absolute Gasteiger partial charge is 0.474 e. The molecule has 1 aliphatic rings. The van der Waals surface area contributed by atoms with E-state index in [1.54, 1.807) is 31.0 Å². The number of carboxylic acid groups (broad SMARTS) is 1. The van der Waals surface area contributed by atoms with Gasteiger partial charge in [-0.3, -0.25) is 9.48 Å². The monoisotopic (exact) mass is 570 g/mol. The molecule has 1 aromatic carbocycles. The second-order valence-corrected chi connectivity index (χ2v) is 9.43. The van der Waals surface area contributed by atoms with Gasteiger partial charge in [0.2, 0.25) is 5.95 Å². The average Bonchev–Trinajstić information content (AvgIpc) is 3.52. The fourth-order valence-electron chi connectivity index (χ4n) is 4.74. The number of aromatic nitrogens is 4. The minimum Gasteiger partial charge on any atom is -0.474 e. The number of hydrogen-bond donors (Lipinski definition) is 1. The Morgan fingerprint density at radius 2 is 1.60 bits per heavy atom. The average molecular weight is 570 g/mol. The second-order valence-electron chi connectivity index (χ2n) is 9.43. The standard InChI is InChI=1S/C25H24F6N6O3/c1-3-19-7-20(13-36(19)21(38)22(39)40)37(23-32-8-15(9-33-23)16-10-34-35(2)12-16)11-14-4-17(24(26,27)28)6-18(5-14)25(29,30)31/h4-6,8-10,12,19-20H,3,7,11,13H2,1-2H3,(H,39,40)/t19-,20+/m1/s1. The van der Waals surface area contributed by atoms with E-state index in [-0.39, 0.29) is 30.5 Å². The molecule has 1 saturated heterocycles. The number of rotatable bonds is 6. The zero-order valence-electron chi connectivity index (χ0n) is 21.2. The summed E-state index contributed by atoms with van der Waals surface area (Å²) in [5.74, 6) is -2.83. The number of likely N-dealkylation sites (tertiary alicyclic amines) is 1. The summed E-state index contributed by atoms with van der Waals surface area (Å²) in [5.41, 5.74) is -2.00. The van der Waals surface area contributed by atoms with E-state index in [0.717, 1.165) is 4.90 Å². The minimum absolute atomic E-state index is 0.0110. The predicted molar refractivity (Wildman–Crippen MR) is 129 cm³/mol. The molecule has 0 radical (unpaired) electrons. The molecular formula is C25H24F6N6O3. The zero-order chi connectivity index (χ0) is 29.4. The molecule has 4 rings (SSSR count). The Morgan fingerprint density at radius 1 is 1.00 bits per heavy atom. The SMILES string of the molecule is CC[C@@H]1C[C@H](N(Cc2cc(C(F)(F)F)cc(C(F)(F)F)c2)c2ncc(-c3cnn(C)c3)cn2)CN1C(=O)C(=O)O. The first-order valence-corrected chi connectivity index (χ1v) is 12.1. The lowest BCUT2D eigenvalue weighted by Gasteiger charge is -2.29. The molecular weight excluding hydrogens is 546 g/mol. The number of hydrogen-bond acceptors (Lipinski definition) is 6. The predicted octanol–water partition coefficient (Wildman–Crippen LogP) is 4.39. The van der Waals surface area contributed by atoms with Crippen molar-refractivity contribution >= 4 is 17.8 Å². The fraction of sp³-hybridized carbons (Fsp3) is 0.400. The Morgan fingerprint density at radius 3 is 2.08 bits per heavy atom. The Labute approximate surface area is 224 Å². The Balaban J connectivity index is 1.76. The van der Waals surface area contributed by atoms with Crippen LogP contribution in [0.1, 0.15) is 36.5 Å². The Bertz CT molecular complexity index is 1360. The number of carbonyl (C=O) groups is 2. The minimum atomic E-state index is -5.03. The van der Waals surface area contributed by atoms with Crippen molar-refractivity contribution in [3.63, 3.8) is 0 Å². The molecule has 0 saturated carbocycles. The summed E-state index contributed by atoms with van der Waals surface area (Å²) in [6, 6.07) is 0.0831. The van der Waals surface area contributed by atoms with Crippen molar-refractivity contribution in [2.75, 3.05) is 11.4 Å². The molecule has 15 heteroatoms. The molecule has 1 aliphatic heterocycles. The van der Waals surface area contributed by atoms with E-state index in [2.05, 4.69) is 15.1 Å². The van der Waals surface area contributed by atoms with Crippen molar-refractivity contribution in [1.82, 2.24) is 24.6 Å². The molecule has 0 unspecified atom stereocenters. The molecule has 0 bridgehead atoms. The number of aliphatic carboxylic acids is 1. The number of carboxylic acids is 1. The van der Waals surface area contributed by atoms with Crippen molar-refractivity contribution in [2.45, 2.75) is 50.7 Å². The van der Waals surface area contributed by atoms with Gasteiger partial charge in [0.25, 0.3) is 0 Å². The molecule has 2 atom stereocenters. The smallest absolute Gasteiger partial charge is 0.416 e. The lowest BCUT2D eigenvalue weighted by atomic mass is 10.0. The van der Waals surface area contributed by atoms with Crippen LogP contribution in [0, 0.1) is 0 Å². The maximum absolute atomic E-state index is 13.5. The van der Waals surface area contributed by atoms with E-state index in [1.807, 2.05) is 0 Å². The first-order chi connectivity index (χ1) is 18.7. The van der Waals surface area contributed by atoms with E-state index in [0.29, 0.717) is 29.7 Å². The van der Waals surface area contributed by atoms with E-state index < -0.39 is 54.0 Å². The zero-order valence-corrected chi connectivity index (χ0v) is 21.2. The summed E-state index contributed by atoms with van der Waals surface area (Å²) in [6.07, 6.45) is -3.34. The van der Waals surface area contributed by atoms with Crippen LogP contribution in [0.4, 0.5) is 32.3 Å². The third kappa shape index (κ3) is 6.18. The van der Waals surface area contributed by atoms with Crippen LogP contribution in [-0.4, -0.2) is 60.3 Å². The molecule has 1 fully saturated rings. The number of nitrogens with zero attached hydrogens (tertiary/aromatic N) is 6. The van der Waals surface area contributed by atoms with E-state index in [4.69, 9.17) is 0 Å². The van der Waals surface area contributed by atoms with Gasteiger partial charge in [-0.05, 0) is 36.6 Å². The van der Waals surface area contributed by atoms with Crippen LogP contribution in [-0.2, 0) is 35.5 Å². The molecule has 1 amide bonds. The van der Waals surface area contributed by atoms with Gasteiger partial charge in [-0.2, -0.15) is 31.4 Å². The van der Waals surface area contributed by atoms with Gasteiger partial charge in [-0.1, -0.05) is 6.92 Å². The number of benzene rings is 1. The number of alkyl halides is 6. The van der Waals surface area contributed by atoms with Gasteiger partial charge in [0.05, 0.1) is 23.4 Å². The molecule has 3 heterocycles. The van der Waals surface area contributed by atoms with Crippen molar-refractivity contribution in [3.05, 3.63) is 59.7 Å². The van der Waals surface area contributed by atoms with Crippen LogP contribution >= 0.6 is 0 Å². The first-order valence-electron chi connectivity index (χ1n) is 12.1. The van der Waals surface area contributed by atoms with E-state index in [9.17, 15) is 41.0 Å². The van der Waals surface area contributed by atoms with Crippen LogP contribution in [0.15, 0.2) is 43.0 Å². The molecule has 9 nitrogen and oxygen atoms in total. The van der Waals surface area contributed by atoms with Gasteiger partial charge in [-0.25, -0.2) is 14.8 Å². The van der Waals surface area contributed by atoms with Gasteiger partial charge >= 0.3 is 24.2 Å². The van der Waals surface area contributed by atoms with Crippen LogP contribution in [0.25, 0.3) is 11.1 Å². The molecule has 40 heavy (non-hydrogen) atoms. The molecule has 2 aromatic heterocycles. The Hall–Kier alpha value is -4.17. The lowest BCUT2D eigenvalue weighted by molar-refractivity contribution is -0.156. The van der Waals surface area contributed by atoms with Gasteiger partial charge < -0.3 is 14.9 Å². The summed E-state index contributed by atoms with van der Waals surface area (Å²) >= 11 is 0. The van der Waals surface area contributed by atoms with E-state index >= 15 is 0 Å². The van der Waals surface area contributed by atoms with Crippen molar-refractivity contribution in [3.8, 4) is 11.1 Å². The van der Waals surface area contributed by atoms with Crippen LogP contribution in [0.2, 0.25) is 0 Å².